The van der Waals surface area contributed by atoms with E-state index in [9.17, 15) is 4.79 Å². The molecule has 15 heavy (non-hydrogen) atoms. The second-order valence-electron chi connectivity index (χ2n) is 2.76. The molecule has 1 rings (SSSR count). The fourth-order valence-electron chi connectivity index (χ4n) is 0.970. The molecule has 0 aliphatic heterocycles. The summed E-state index contributed by atoms with van der Waals surface area (Å²) < 4.78 is 5.01. The minimum absolute atomic E-state index is 0.0178. The van der Waals surface area contributed by atoms with E-state index in [0.29, 0.717) is 6.54 Å². The topological polar surface area (TPSA) is 64.3 Å². The normalized spacial score (nSPS) is 8.53. The van der Waals surface area contributed by atoms with E-state index < -0.39 is 0 Å². The molecule has 1 aromatic rings. The van der Waals surface area contributed by atoms with Crippen LogP contribution in [0.15, 0.2) is 24.3 Å². The SMILES string of the molecule is CN.COc1ccc(CNC(C)=O)cc1. The van der Waals surface area contributed by atoms with Crippen LogP contribution in [-0.4, -0.2) is 20.1 Å². The molecule has 0 aromatic heterocycles. The van der Waals surface area contributed by atoms with Crippen LogP contribution >= 0.6 is 0 Å². The third-order valence-electron chi connectivity index (χ3n) is 1.70. The predicted octanol–water partition coefficient (Wildman–Crippen LogP) is 0.906. The molecule has 0 fully saturated rings. The Labute approximate surface area is 90.4 Å². The molecule has 0 saturated carbocycles. The van der Waals surface area contributed by atoms with Gasteiger partial charge in [-0.25, -0.2) is 0 Å². The van der Waals surface area contributed by atoms with E-state index in [1.165, 1.54) is 14.0 Å². The molecule has 0 aliphatic carbocycles. The highest BCUT2D eigenvalue weighted by Gasteiger charge is 1.94. The Kier molecular flexibility index (Phi) is 7.01. The maximum absolute atomic E-state index is 10.6. The molecule has 0 aliphatic rings. The zero-order valence-corrected chi connectivity index (χ0v) is 9.41. The van der Waals surface area contributed by atoms with E-state index in [-0.39, 0.29) is 5.91 Å². The number of methoxy groups -OCH3 is 1. The number of carbonyl (C=O) groups excluding carboxylic acids is 1. The van der Waals surface area contributed by atoms with Crippen molar-refractivity contribution in [3.8, 4) is 5.75 Å². The van der Waals surface area contributed by atoms with Crippen LogP contribution in [0.5, 0.6) is 5.75 Å². The van der Waals surface area contributed by atoms with Gasteiger partial charge in [0.15, 0.2) is 0 Å². The first-order valence-electron chi connectivity index (χ1n) is 4.67. The van der Waals surface area contributed by atoms with Gasteiger partial charge in [-0.15, -0.1) is 0 Å². The molecule has 84 valence electrons. The van der Waals surface area contributed by atoms with Crippen molar-refractivity contribution in [1.29, 1.82) is 0 Å². The number of hydrogen-bond donors (Lipinski definition) is 2. The van der Waals surface area contributed by atoms with Crippen molar-refractivity contribution in [3.05, 3.63) is 29.8 Å². The van der Waals surface area contributed by atoms with Crippen molar-refractivity contribution < 1.29 is 9.53 Å². The summed E-state index contributed by atoms with van der Waals surface area (Å²) in [6, 6.07) is 7.60. The van der Waals surface area contributed by atoms with Gasteiger partial charge in [-0.1, -0.05) is 12.1 Å². The smallest absolute Gasteiger partial charge is 0.217 e. The van der Waals surface area contributed by atoms with Crippen molar-refractivity contribution in [3.63, 3.8) is 0 Å². The van der Waals surface area contributed by atoms with Crippen LogP contribution in [0.3, 0.4) is 0 Å². The molecule has 4 heteroatoms. The van der Waals surface area contributed by atoms with Gasteiger partial charge in [0, 0.05) is 13.5 Å². The fourth-order valence-corrected chi connectivity index (χ4v) is 0.970. The minimum Gasteiger partial charge on any atom is -0.497 e. The molecule has 0 bridgehead atoms. The molecular weight excluding hydrogens is 192 g/mol. The molecule has 4 nitrogen and oxygen atoms in total. The number of benzene rings is 1. The quantitative estimate of drug-likeness (QED) is 0.779. The molecule has 0 atom stereocenters. The summed E-state index contributed by atoms with van der Waals surface area (Å²) in [6.07, 6.45) is 0. The lowest BCUT2D eigenvalue weighted by Crippen LogP contribution is -2.18. The number of ether oxygens (including phenoxy) is 1. The second-order valence-corrected chi connectivity index (χ2v) is 2.76. The number of rotatable bonds is 3. The first kappa shape index (κ1) is 13.4. The summed E-state index contributed by atoms with van der Waals surface area (Å²) in [7, 11) is 3.13. The second kappa shape index (κ2) is 7.82. The van der Waals surface area contributed by atoms with E-state index in [0.717, 1.165) is 11.3 Å². The maximum Gasteiger partial charge on any atom is 0.217 e. The van der Waals surface area contributed by atoms with Crippen molar-refractivity contribution in [2.45, 2.75) is 13.5 Å². The third kappa shape index (κ3) is 5.70. The Balaban J connectivity index is 0.000000921. The van der Waals surface area contributed by atoms with Crippen LogP contribution in [0, 0.1) is 0 Å². The van der Waals surface area contributed by atoms with Gasteiger partial charge in [0.1, 0.15) is 5.75 Å². The zero-order chi connectivity index (χ0) is 11.7. The molecule has 3 N–H and O–H groups in total. The highest BCUT2D eigenvalue weighted by Crippen LogP contribution is 2.10. The van der Waals surface area contributed by atoms with Gasteiger partial charge >= 0.3 is 0 Å². The van der Waals surface area contributed by atoms with Crippen LogP contribution in [-0.2, 0) is 11.3 Å². The number of nitrogens with one attached hydrogen (secondary N) is 1. The van der Waals surface area contributed by atoms with Gasteiger partial charge in [0.05, 0.1) is 7.11 Å². The van der Waals surface area contributed by atoms with Crippen LogP contribution in [0.1, 0.15) is 12.5 Å². The lowest BCUT2D eigenvalue weighted by Gasteiger charge is -2.03. The first-order valence-corrected chi connectivity index (χ1v) is 4.67. The number of hydrogen-bond acceptors (Lipinski definition) is 3. The van der Waals surface area contributed by atoms with Crippen molar-refractivity contribution in [2.75, 3.05) is 14.2 Å². The summed E-state index contributed by atoms with van der Waals surface area (Å²) in [5.74, 6) is 0.808. The van der Waals surface area contributed by atoms with Gasteiger partial charge in [0.25, 0.3) is 0 Å². The van der Waals surface area contributed by atoms with Crippen LogP contribution < -0.4 is 15.8 Å². The lowest BCUT2D eigenvalue weighted by atomic mass is 10.2. The Morgan fingerprint density at radius 1 is 1.33 bits per heavy atom. The highest BCUT2D eigenvalue weighted by molar-refractivity contribution is 5.72. The van der Waals surface area contributed by atoms with Crippen molar-refractivity contribution >= 4 is 5.91 Å². The summed E-state index contributed by atoms with van der Waals surface area (Å²) in [5.41, 5.74) is 5.57. The van der Waals surface area contributed by atoms with Crippen molar-refractivity contribution in [1.82, 2.24) is 5.32 Å². The Hall–Kier alpha value is -1.55. The van der Waals surface area contributed by atoms with Crippen molar-refractivity contribution in [2.24, 2.45) is 5.73 Å². The van der Waals surface area contributed by atoms with Gasteiger partial charge in [-0.2, -0.15) is 0 Å². The molecule has 0 spiro atoms. The Morgan fingerprint density at radius 2 is 1.87 bits per heavy atom. The summed E-state index contributed by atoms with van der Waals surface area (Å²) in [4.78, 5) is 10.6. The number of nitrogens with two attached hydrogens (primary N) is 1. The minimum atomic E-state index is -0.0178. The van der Waals surface area contributed by atoms with E-state index in [1.54, 1.807) is 7.11 Å². The van der Waals surface area contributed by atoms with E-state index in [1.807, 2.05) is 24.3 Å². The number of amides is 1. The first-order chi connectivity index (χ1) is 7.22. The average molecular weight is 210 g/mol. The van der Waals surface area contributed by atoms with E-state index >= 15 is 0 Å². The van der Waals surface area contributed by atoms with Crippen LogP contribution in [0.4, 0.5) is 0 Å². The summed E-state index contributed by atoms with van der Waals surface area (Å²) >= 11 is 0. The Bertz CT molecular complexity index is 283. The predicted molar refractivity (Wildman–Crippen MR) is 60.6 cm³/mol. The molecule has 0 unspecified atom stereocenters. The number of carbonyl (C=O) groups is 1. The lowest BCUT2D eigenvalue weighted by molar-refractivity contribution is -0.119. The standard InChI is InChI=1S/C10H13NO2.CH5N/c1-8(12)11-7-9-3-5-10(13-2)6-4-9;1-2/h3-6H,7H2,1-2H3,(H,11,12);2H2,1H3. The highest BCUT2D eigenvalue weighted by atomic mass is 16.5. The fraction of sp³-hybridized carbons (Fsp3) is 0.364. The van der Waals surface area contributed by atoms with Crippen LogP contribution in [0.2, 0.25) is 0 Å². The van der Waals surface area contributed by atoms with Gasteiger partial charge in [-0.05, 0) is 24.7 Å². The molecule has 0 radical (unpaired) electrons. The van der Waals surface area contributed by atoms with Gasteiger partial charge in [-0.3, -0.25) is 4.79 Å². The summed E-state index contributed by atoms with van der Waals surface area (Å²) in [5, 5.41) is 2.72. The summed E-state index contributed by atoms with van der Waals surface area (Å²) in [6.45, 7) is 2.07. The van der Waals surface area contributed by atoms with Gasteiger partial charge in [0.2, 0.25) is 5.91 Å². The molecule has 1 amide bonds. The largest absolute Gasteiger partial charge is 0.497 e. The zero-order valence-electron chi connectivity index (χ0n) is 9.41. The monoisotopic (exact) mass is 210 g/mol. The van der Waals surface area contributed by atoms with Crippen LogP contribution in [0.25, 0.3) is 0 Å². The third-order valence-corrected chi connectivity index (χ3v) is 1.70. The van der Waals surface area contributed by atoms with E-state index in [2.05, 4.69) is 11.1 Å². The molecular formula is C11H18N2O2. The average Bonchev–Trinajstić information content (AvgIpc) is 2.30. The molecule has 1 aromatic carbocycles. The van der Waals surface area contributed by atoms with E-state index in [4.69, 9.17) is 4.74 Å². The maximum atomic E-state index is 10.6. The molecule has 0 heterocycles. The van der Waals surface area contributed by atoms with Gasteiger partial charge < -0.3 is 15.8 Å². The molecule has 0 saturated heterocycles. The Morgan fingerprint density at radius 3 is 2.27 bits per heavy atom.